The van der Waals surface area contributed by atoms with Gasteiger partial charge in [0.1, 0.15) is 10.8 Å². The Labute approximate surface area is 188 Å². The summed E-state index contributed by atoms with van der Waals surface area (Å²) in [6.45, 7) is 3.34. The zero-order chi connectivity index (χ0) is 21.2. The number of rotatable bonds is 5. The number of thioether (sulfide) groups is 1. The van der Waals surface area contributed by atoms with Gasteiger partial charge in [0.2, 0.25) is 0 Å². The number of amides is 1. The molecular weight excluding hydrogens is 428 g/mol. The van der Waals surface area contributed by atoms with E-state index in [1.807, 2.05) is 36.1 Å². The molecule has 0 atom stereocenters. The molecule has 1 aromatic carbocycles. The van der Waals surface area contributed by atoms with Gasteiger partial charge in [0.15, 0.2) is 0 Å². The van der Waals surface area contributed by atoms with E-state index in [0.29, 0.717) is 17.2 Å². The molecule has 3 aromatic heterocycles. The highest BCUT2D eigenvalue weighted by molar-refractivity contribution is 7.98. The molecule has 0 aliphatic carbocycles. The predicted octanol–water partition coefficient (Wildman–Crippen LogP) is 5.30. The van der Waals surface area contributed by atoms with Gasteiger partial charge in [0, 0.05) is 37.0 Å². The highest BCUT2D eigenvalue weighted by Crippen LogP contribution is 2.34. The molecule has 8 heteroatoms. The molecule has 0 bridgehead atoms. The molecule has 0 saturated carbocycles. The van der Waals surface area contributed by atoms with Crippen LogP contribution >= 0.6 is 23.1 Å². The molecule has 1 aliphatic heterocycles. The van der Waals surface area contributed by atoms with Crippen LogP contribution in [0.25, 0.3) is 10.2 Å². The number of carbonyl (C=O) groups is 1. The molecule has 1 aliphatic rings. The molecule has 1 saturated heterocycles. The fourth-order valence-corrected chi connectivity index (χ4v) is 5.86. The maximum atomic E-state index is 13.2. The third kappa shape index (κ3) is 4.36. The lowest BCUT2D eigenvalue weighted by molar-refractivity contribution is 0.0708. The van der Waals surface area contributed by atoms with Gasteiger partial charge in [0.25, 0.3) is 5.91 Å². The first-order valence-corrected chi connectivity index (χ1v) is 12.1. The van der Waals surface area contributed by atoms with Crippen LogP contribution in [0.2, 0.25) is 0 Å². The molecule has 158 valence electrons. The molecule has 0 unspecified atom stereocenters. The molecular formula is C23H22N4O2S2. The van der Waals surface area contributed by atoms with Gasteiger partial charge in [0.05, 0.1) is 26.5 Å². The van der Waals surface area contributed by atoms with E-state index in [1.54, 1.807) is 17.5 Å². The van der Waals surface area contributed by atoms with Crippen LogP contribution in [-0.4, -0.2) is 39.0 Å². The predicted molar refractivity (Wildman–Crippen MR) is 123 cm³/mol. The monoisotopic (exact) mass is 450 g/mol. The highest BCUT2D eigenvalue weighted by atomic mass is 32.2. The number of benzene rings is 1. The lowest BCUT2D eigenvalue weighted by Gasteiger charge is -2.31. The number of nitrogens with zero attached hydrogens (tertiary/aromatic N) is 4. The van der Waals surface area contributed by atoms with Crippen molar-refractivity contribution in [1.82, 2.24) is 20.0 Å². The fourth-order valence-electron chi connectivity index (χ4n) is 3.86. The Kier molecular flexibility index (Phi) is 5.74. The van der Waals surface area contributed by atoms with E-state index < -0.39 is 0 Å². The molecule has 1 fully saturated rings. The van der Waals surface area contributed by atoms with Gasteiger partial charge in [-0.05, 0) is 44.0 Å². The van der Waals surface area contributed by atoms with Crippen molar-refractivity contribution < 1.29 is 9.32 Å². The van der Waals surface area contributed by atoms with Crippen molar-refractivity contribution in [2.75, 3.05) is 13.1 Å². The van der Waals surface area contributed by atoms with Crippen molar-refractivity contribution in [2.24, 2.45) is 0 Å². The second-order valence-corrected chi connectivity index (χ2v) is 9.69. The largest absolute Gasteiger partial charge is 0.361 e. The van der Waals surface area contributed by atoms with Crippen molar-refractivity contribution >= 4 is 39.2 Å². The van der Waals surface area contributed by atoms with Crippen molar-refractivity contribution in [2.45, 2.75) is 36.5 Å². The van der Waals surface area contributed by atoms with Crippen molar-refractivity contribution in [1.29, 1.82) is 0 Å². The number of fused-ring (bicyclic) bond motifs is 1. The number of aromatic nitrogens is 3. The Bertz CT molecular complexity index is 1180. The van der Waals surface area contributed by atoms with Crippen LogP contribution in [0.5, 0.6) is 0 Å². The number of thiazole rings is 1. The highest BCUT2D eigenvalue weighted by Gasteiger charge is 2.28. The molecule has 6 nitrogen and oxygen atoms in total. The van der Waals surface area contributed by atoms with Crippen molar-refractivity contribution in [3.8, 4) is 0 Å². The number of para-hydroxylation sites is 1. The van der Waals surface area contributed by atoms with E-state index in [2.05, 4.69) is 28.3 Å². The normalized spacial score (nSPS) is 14.9. The second kappa shape index (κ2) is 8.80. The summed E-state index contributed by atoms with van der Waals surface area (Å²) in [7, 11) is 0. The molecule has 0 N–H and O–H groups in total. The van der Waals surface area contributed by atoms with Crippen LogP contribution in [-0.2, 0) is 5.75 Å². The number of aryl methyl sites for hydroxylation is 1. The van der Waals surface area contributed by atoms with E-state index in [0.717, 1.165) is 47.9 Å². The topological polar surface area (TPSA) is 72.1 Å². The standard InChI is InChI=1S/C23H22N4O2S2/c1-15-13-17(26-29-15)14-30-22-18(5-4-10-24-22)23(28)27-11-8-16(9-12-27)21-25-19-6-2-3-7-20(19)31-21/h2-7,10,13,16H,8-9,11-12,14H2,1H3. The number of piperidine rings is 1. The van der Waals surface area contributed by atoms with E-state index in [-0.39, 0.29) is 5.91 Å². The van der Waals surface area contributed by atoms with Crippen molar-refractivity contribution in [3.63, 3.8) is 0 Å². The second-order valence-electron chi connectivity index (χ2n) is 7.66. The summed E-state index contributed by atoms with van der Waals surface area (Å²) in [6.07, 6.45) is 3.60. The zero-order valence-corrected chi connectivity index (χ0v) is 18.8. The first-order chi connectivity index (χ1) is 15.2. The third-order valence-corrected chi connectivity index (χ3v) is 7.71. The first-order valence-electron chi connectivity index (χ1n) is 10.3. The summed E-state index contributed by atoms with van der Waals surface area (Å²) in [6, 6.07) is 13.9. The molecule has 31 heavy (non-hydrogen) atoms. The Morgan fingerprint density at radius 3 is 2.84 bits per heavy atom. The molecule has 4 heterocycles. The summed E-state index contributed by atoms with van der Waals surface area (Å²) in [5, 5.41) is 5.95. The van der Waals surface area contributed by atoms with Crippen LogP contribution in [0, 0.1) is 6.92 Å². The van der Waals surface area contributed by atoms with Gasteiger partial charge < -0.3 is 9.42 Å². The SMILES string of the molecule is Cc1cc(CSc2ncccc2C(=O)N2CCC(c3nc4ccccc4s3)CC2)no1. The van der Waals surface area contributed by atoms with Gasteiger partial charge in [-0.15, -0.1) is 11.3 Å². The maximum absolute atomic E-state index is 13.2. The minimum absolute atomic E-state index is 0.0506. The smallest absolute Gasteiger partial charge is 0.256 e. The van der Waals surface area contributed by atoms with Gasteiger partial charge in [-0.1, -0.05) is 29.1 Å². The third-order valence-electron chi connectivity index (χ3n) is 5.48. The van der Waals surface area contributed by atoms with Crippen LogP contribution < -0.4 is 0 Å². The molecule has 4 aromatic rings. The van der Waals surface area contributed by atoms with Crippen LogP contribution in [0.1, 0.15) is 45.6 Å². The minimum Gasteiger partial charge on any atom is -0.361 e. The Morgan fingerprint density at radius 1 is 1.23 bits per heavy atom. The quantitative estimate of drug-likeness (QED) is 0.384. The van der Waals surface area contributed by atoms with E-state index >= 15 is 0 Å². The number of likely N-dealkylation sites (tertiary alicyclic amines) is 1. The van der Waals surface area contributed by atoms with Gasteiger partial charge in [-0.3, -0.25) is 4.79 Å². The summed E-state index contributed by atoms with van der Waals surface area (Å²) >= 11 is 3.29. The lowest BCUT2D eigenvalue weighted by Crippen LogP contribution is -2.38. The molecule has 1 amide bonds. The zero-order valence-electron chi connectivity index (χ0n) is 17.2. The Morgan fingerprint density at radius 2 is 2.06 bits per heavy atom. The lowest BCUT2D eigenvalue weighted by atomic mass is 9.97. The number of carbonyl (C=O) groups excluding carboxylic acids is 1. The van der Waals surface area contributed by atoms with E-state index in [4.69, 9.17) is 9.51 Å². The summed E-state index contributed by atoms with van der Waals surface area (Å²) in [4.78, 5) is 24.5. The number of hydrogen-bond donors (Lipinski definition) is 0. The number of hydrogen-bond acceptors (Lipinski definition) is 7. The average Bonchev–Trinajstić information content (AvgIpc) is 3.43. The van der Waals surface area contributed by atoms with Crippen molar-refractivity contribution in [3.05, 3.63) is 70.7 Å². The van der Waals surface area contributed by atoms with Crippen LogP contribution in [0.15, 0.2) is 58.2 Å². The number of pyridine rings is 1. The van der Waals surface area contributed by atoms with Crippen LogP contribution in [0.4, 0.5) is 0 Å². The fraction of sp³-hybridized carbons (Fsp3) is 0.304. The van der Waals surface area contributed by atoms with Crippen LogP contribution in [0.3, 0.4) is 0 Å². The minimum atomic E-state index is 0.0506. The molecule has 5 rings (SSSR count). The van der Waals surface area contributed by atoms with E-state index in [1.165, 1.54) is 21.5 Å². The van der Waals surface area contributed by atoms with Gasteiger partial charge in [-0.2, -0.15) is 0 Å². The average molecular weight is 451 g/mol. The summed E-state index contributed by atoms with van der Waals surface area (Å²) in [5.41, 5.74) is 2.58. The summed E-state index contributed by atoms with van der Waals surface area (Å²) in [5.74, 6) is 1.87. The Balaban J connectivity index is 1.25. The Hall–Kier alpha value is -2.71. The van der Waals surface area contributed by atoms with Gasteiger partial charge >= 0.3 is 0 Å². The summed E-state index contributed by atoms with van der Waals surface area (Å²) < 4.78 is 6.36. The molecule has 0 spiro atoms. The maximum Gasteiger partial charge on any atom is 0.256 e. The molecule has 0 radical (unpaired) electrons. The first kappa shape index (κ1) is 20.2. The van der Waals surface area contributed by atoms with E-state index in [9.17, 15) is 4.79 Å². The van der Waals surface area contributed by atoms with Gasteiger partial charge in [-0.25, -0.2) is 9.97 Å².